The van der Waals surface area contributed by atoms with Crippen LogP contribution >= 0.6 is 0 Å². The number of ether oxygens (including phenoxy) is 1. The fraction of sp³-hybridized carbons (Fsp3) is 0.357. The van der Waals surface area contributed by atoms with Crippen LogP contribution in [0.2, 0.25) is 0 Å². The summed E-state index contributed by atoms with van der Waals surface area (Å²) in [6, 6.07) is 6.52. The molecule has 104 valence electrons. The van der Waals surface area contributed by atoms with Crippen LogP contribution in [0.1, 0.15) is 5.56 Å². The Labute approximate surface area is 112 Å². The molecule has 5 heteroatoms. The molecule has 2 N–H and O–H groups in total. The molecule has 0 aromatic heterocycles. The van der Waals surface area contributed by atoms with E-state index >= 15 is 0 Å². The van der Waals surface area contributed by atoms with Crippen molar-refractivity contribution < 1.29 is 19.7 Å². The number of hydrogen-bond acceptors (Lipinski definition) is 4. The standard InChI is InChI=1S/C14H19NO4/c1-15(9-13(17)10-19-2)14(18)8-5-11-3-6-12(16)7-4-11/h3-8,13,16-17H,9-10H2,1-2H3/b8-5+. The van der Waals surface area contributed by atoms with E-state index in [0.29, 0.717) is 0 Å². The number of amides is 1. The Morgan fingerprint density at radius 3 is 2.63 bits per heavy atom. The number of aromatic hydroxyl groups is 1. The van der Waals surface area contributed by atoms with Crippen molar-refractivity contribution in [1.82, 2.24) is 4.90 Å². The Kier molecular flexibility index (Phi) is 6.05. The maximum Gasteiger partial charge on any atom is 0.246 e. The molecule has 0 saturated heterocycles. The molecule has 0 radical (unpaired) electrons. The number of carbonyl (C=O) groups is 1. The van der Waals surface area contributed by atoms with Gasteiger partial charge < -0.3 is 19.8 Å². The first-order valence-corrected chi connectivity index (χ1v) is 5.92. The number of carbonyl (C=O) groups excluding carboxylic acids is 1. The molecule has 0 fully saturated rings. The third kappa shape index (κ3) is 5.54. The molecule has 19 heavy (non-hydrogen) atoms. The average molecular weight is 265 g/mol. The van der Waals surface area contributed by atoms with Crippen molar-refractivity contribution in [3.8, 4) is 5.75 Å². The van der Waals surface area contributed by atoms with Crippen molar-refractivity contribution in [2.75, 3.05) is 27.3 Å². The summed E-state index contributed by atoms with van der Waals surface area (Å²) >= 11 is 0. The Hall–Kier alpha value is -1.85. The van der Waals surface area contributed by atoms with Crippen molar-refractivity contribution in [3.63, 3.8) is 0 Å². The molecule has 5 nitrogen and oxygen atoms in total. The summed E-state index contributed by atoms with van der Waals surface area (Å²) in [4.78, 5) is 13.2. The van der Waals surface area contributed by atoms with Crippen LogP contribution in [0.25, 0.3) is 6.08 Å². The molecule has 0 aliphatic carbocycles. The predicted molar refractivity (Wildman–Crippen MR) is 72.7 cm³/mol. The van der Waals surface area contributed by atoms with E-state index in [1.54, 1.807) is 37.4 Å². The normalized spacial score (nSPS) is 12.6. The SMILES string of the molecule is COCC(O)CN(C)C(=O)/C=C/c1ccc(O)cc1. The largest absolute Gasteiger partial charge is 0.508 e. The Balaban J connectivity index is 2.51. The number of likely N-dealkylation sites (N-methyl/N-ethyl adjacent to an activating group) is 1. The van der Waals surface area contributed by atoms with E-state index in [2.05, 4.69) is 0 Å². The van der Waals surface area contributed by atoms with Crippen molar-refractivity contribution >= 4 is 12.0 Å². The van der Waals surface area contributed by atoms with Gasteiger partial charge in [-0.15, -0.1) is 0 Å². The fourth-order valence-electron chi connectivity index (χ4n) is 1.53. The van der Waals surface area contributed by atoms with Gasteiger partial charge in [0.1, 0.15) is 5.75 Å². The van der Waals surface area contributed by atoms with E-state index < -0.39 is 6.10 Å². The second kappa shape index (κ2) is 7.56. The molecule has 1 aromatic carbocycles. The summed E-state index contributed by atoms with van der Waals surface area (Å²) in [5, 5.41) is 18.6. The number of rotatable bonds is 6. The van der Waals surface area contributed by atoms with Crippen molar-refractivity contribution in [2.45, 2.75) is 6.10 Å². The van der Waals surface area contributed by atoms with Gasteiger partial charge in [-0.1, -0.05) is 12.1 Å². The quantitative estimate of drug-likeness (QED) is 0.749. The van der Waals surface area contributed by atoms with E-state index in [4.69, 9.17) is 9.84 Å². The highest BCUT2D eigenvalue weighted by molar-refractivity contribution is 5.91. The monoisotopic (exact) mass is 265 g/mol. The van der Waals surface area contributed by atoms with Crippen LogP contribution in [-0.4, -0.2) is 54.4 Å². The van der Waals surface area contributed by atoms with Crippen molar-refractivity contribution in [2.24, 2.45) is 0 Å². The zero-order valence-electron chi connectivity index (χ0n) is 11.1. The number of aliphatic hydroxyl groups excluding tert-OH is 1. The molecular formula is C14H19NO4. The van der Waals surface area contributed by atoms with Gasteiger partial charge in [0.15, 0.2) is 0 Å². The lowest BCUT2D eigenvalue weighted by Crippen LogP contribution is -2.35. The van der Waals surface area contributed by atoms with E-state index in [1.165, 1.54) is 18.1 Å². The molecule has 0 saturated carbocycles. The molecule has 0 aliphatic rings. The molecule has 1 aromatic rings. The molecule has 0 aliphatic heterocycles. The smallest absolute Gasteiger partial charge is 0.246 e. The summed E-state index contributed by atoms with van der Waals surface area (Å²) in [7, 11) is 3.11. The van der Waals surface area contributed by atoms with Crippen LogP contribution in [0.5, 0.6) is 5.75 Å². The number of benzene rings is 1. The number of hydrogen-bond donors (Lipinski definition) is 2. The number of nitrogens with zero attached hydrogens (tertiary/aromatic N) is 1. The van der Waals surface area contributed by atoms with Gasteiger partial charge in [-0.3, -0.25) is 4.79 Å². The van der Waals surface area contributed by atoms with Crippen LogP contribution in [-0.2, 0) is 9.53 Å². The maximum absolute atomic E-state index is 11.8. The molecule has 1 unspecified atom stereocenters. The van der Waals surface area contributed by atoms with Gasteiger partial charge in [-0.25, -0.2) is 0 Å². The molecule has 0 bridgehead atoms. The summed E-state index contributed by atoms with van der Waals surface area (Å²) in [5.74, 6) is -0.0217. The molecule has 0 spiro atoms. The maximum atomic E-state index is 11.8. The highest BCUT2D eigenvalue weighted by Crippen LogP contribution is 2.10. The van der Waals surface area contributed by atoms with Crippen LogP contribution in [0, 0.1) is 0 Å². The van der Waals surface area contributed by atoms with E-state index in [9.17, 15) is 9.90 Å². The Bertz CT molecular complexity index is 428. The second-order valence-electron chi connectivity index (χ2n) is 4.25. The molecule has 1 atom stereocenters. The third-order valence-electron chi connectivity index (χ3n) is 2.53. The molecule has 1 rings (SSSR count). The minimum atomic E-state index is -0.693. The lowest BCUT2D eigenvalue weighted by Gasteiger charge is -2.18. The third-order valence-corrected chi connectivity index (χ3v) is 2.53. The highest BCUT2D eigenvalue weighted by atomic mass is 16.5. The topological polar surface area (TPSA) is 70.0 Å². The summed E-state index contributed by atoms with van der Waals surface area (Å²) in [6.07, 6.45) is 2.38. The molecular weight excluding hydrogens is 246 g/mol. The first-order valence-electron chi connectivity index (χ1n) is 5.92. The fourth-order valence-corrected chi connectivity index (χ4v) is 1.53. The highest BCUT2D eigenvalue weighted by Gasteiger charge is 2.10. The average Bonchev–Trinajstić information content (AvgIpc) is 2.37. The number of phenolic OH excluding ortho intramolecular Hbond substituents is 1. The number of methoxy groups -OCH3 is 1. The van der Waals surface area contributed by atoms with Gasteiger partial charge in [0.2, 0.25) is 5.91 Å². The zero-order valence-corrected chi connectivity index (χ0v) is 11.1. The van der Waals surface area contributed by atoms with Gasteiger partial charge >= 0.3 is 0 Å². The van der Waals surface area contributed by atoms with Crippen molar-refractivity contribution in [1.29, 1.82) is 0 Å². The number of aliphatic hydroxyl groups is 1. The first-order chi connectivity index (χ1) is 9.02. The summed E-state index contributed by atoms with van der Waals surface area (Å²) in [5.41, 5.74) is 0.817. The van der Waals surface area contributed by atoms with Gasteiger partial charge in [-0.2, -0.15) is 0 Å². The predicted octanol–water partition coefficient (Wildman–Crippen LogP) is 0.871. The van der Waals surface area contributed by atoms with Gasteiger partial charge in [0.05, 0.1) is 12.7 Å². The zero-order chi connectivity index (χ0) is 14.3. The van der Waals surface area contributed by atoms with Gasteiger partial charge in [-0.05, 0) is 23.8 Å². The lowest BCUT2D eigenvalue weighted by atomic mass is 10.2. The number of phenols is 1. The Morgan fingerprint density at radius 2 is 2.05 bits per heavy atom. The summed E-state index contributed by atoms with van der Waals surface area (Å²) < 4.78 is 4.80. The van der Waals surface area contributed by atoms with Crippen LogP contribution in [0.4, 0.5) is 0 Å². The van der Waals surface area contributed by atoms with Gasteiger partial charge in [0.25, 0.3) is 0 Å². The van der Waals surface area contributed by atoms with Crippen LogP contribution in [0.15, 0.2) is 30.3 Å². The second-order valence-corrected chi connectivity index (χ2v) is 4.25. The molecule has 0 heterocycles. The Morgan fingerprint density at radius 1 is 1.42 bits per heavy atom. The van der Waals surface area contributed by atoms with Crippen molar-refractivity contribution in [3.05, 3.63) is 35.9 Å². The summed E-state index contributed by atoms with van der Waals surface area (Å²) in [6.45, 7) is 0.409. The van der Waals surface area contributed by atoms with E-state index in [1.807, 2.05) is 0 Å². The molecule has 1 amide bonds. The van der Waals surface area contributed by atoms with Crippen LogP contribution < -0.4 is 0 Å². The van der Waals surface area contributed by atoms with E-state index in [-0.39, 0.29) is 24.8 Å². The minimum Gasteiger partial charge on any atom is -0.508 e. The lowest BCUT2D eigenvalue weighted by molar-refractivity contribution is -0.126. The first kappa shape index (κ1) is 15.2. The van der Waals surface area contributed by atoms with E-state index in [0.717, 1.165) is 5.56 Å². The van der Waals surface area contributed by atoms with Gasteiger partial charge in [0, 0.05) is 26.8 Å². The van der Waals surface area contributed by atoms with Crippen LogP contribution in [0.3, 0.4) is 0 Å². The minimum absolute atomic E-state index is 0.184.